The number of carboxylic acid groups (broad SMARTS) is 1. The predicted molar refractivity (Wildman–Crippen MR) is 87.5 cm³/mol. The molecule has 22 heavy (non-hydrogen) atoms. The summed E-state index contributed by atoms with van der Waals surface area (Å²) in [6.07, 6.45) is 1.02. The van der Waals surface area contributed by atoms with Gasteiger partial charge in [0.15, 0.2) is 0 Å². The summed E-state index contributed by atoms with van der Waals surface area (Å²) in [5.41, 5.74) is 1.23. The number of hydrogen-bond acceptors (Lipinski definition) is 3. The summed E-state index contributed by atoms with van der Waals surface area (Å²) in [5, 5.41) is 13.8. The standard InChI is InChI=1S/C17H19NO3S/c1-12(15-3-2-10-22-15)11-18-16(19)9-6-13-4-7-14(8-5-13)17(20)21/h2-5,7-8,10,12H,6,9,11H2,1H3,(H,18,19)(H,20,21)/t12-/m0/s1. The van der Waals surface area contributed by atoms with E-state index in [1.165, 1.54) is 4.88 Å². The van der Waals surface area contributed by atoms with Crippen molar-refractivity contribution >= 4 is 23.2 Å². The predicted octanol–water partition coefficient (Wildman–Crippen LogP) is 3.30. The molecule has 1 heterocycles. The van der Waals surface area contributed by atoms with Crippen LogP contribution in [0.2, 0.25) is 0 Å². The third-order valence-electron chi connectivity index (χ3n) is 3.48. The molecule has 2 rings (SSSR count). The highest BCUT2D eigenvalue weighted by molar-refractivity contribution is 7.10. The van der Waals surface area contributed by atoms with Crippen LogP contribution in [0.25, 0.3) is 0 Å². The van der Waals surface area contributed by atoms with E-state index in [0.717, 1.165) is 5.56 Å². The second-order valence-electron chi connectivity index (χ2n) is 5.22. The van der Waals surface area contributed by atoms with E-state index in [-0.39, 0.29) is 11.5 Å². The van der Waals surface area contributed by atoms with E-state index < -0.39 is 5.97 Å². The molecule has 0 bridgehead atoms. The Morgan fingerprint density at radius 3 is 2.55 bits per heavy atom. The van der Waals surface area contributed by atoms with E-state index >= 15 is 0 Å². The normalized spacial score (nSPS) is 11.9. The molecular weight excluding hydrogens is 298 g/mol. The van der Waals surface area contributed by atoms with Crippen molar-refractivity contribution in [2.45, 2.75) is 25.7 Å². The van der Waals surface area contributed by atoms with Gasteiger partial charge in [0.25, 0.3) is 0 Å². The Labute approximate surface area is 133 Å². The molecule has 0 aliphatic carbocycles. The van der Waals surface area contributed by atoms with Gasteiger partial charge in [-0.05, 0) is 35.6 Å². The number of thiophene rings is 1. The fourth-order valence-electron chi connectivity index (χ4n) is 2.10. The van der Waals surface area contributed by atoms with Gasteiger partial charge in [0.1, 0.15) is 0 Å². The first-order valence-electron chi connectivity index (χ1n) is 7.18. The van der Waals surface area contributed by atoms with Crippen molar-refractivity contribution in [2.24, 2.45) is 0 Å². The molecule has 5 heteroatoms. The smallest absolute Gasteiger partial charge is 0.335 e. The van der Waals surface area contributed by atoms with Crippen LogP contribution in [0.4, 0.5) is 0 Å². The van der Waals surface area contributed by atoms with Crippen LogP contribution in [0.1, 0.15) is 40.1 Å². The molecule has 2 aromatic rings. The summed E-state index contributed by atoms with van der Waals surface area (Å²) in [6, 6.07) is 10.7. The van der Waals surface area contributed by atoms with Crippen molar-refractivity contribution in [3.05, 3.63) is 57.8 Å². The molecule has 1 atom stereocenters. The first-order valence-corrected chi connectivity index (χ1v) is 8.06. The molecule has 1 amide bonds. The van der Waals surface area contributed by atoms with Gasteiger partial charge in [0.05, 0.1) is 5.56 Å². The quantitative estimate of drug-likeness (QED) is 0.823. The summed E-state index contributed by atoms with van der Waals surface area (Å²) in [4.78, 5) is 23.9. The van der Waals surface area contributed by atoms with E-state index in [1.54, 1.807) is 35.6 Å². The minimum atomic E-state index is -0.938. The van der Waals surface area contributed by atoms with Gasteiger partial charge in [-0.2, -0.15) is 0 Å². The molecule has 0 radical (unpaired) electrons. The zero-order valence-electron chi connectivity index (χ0n) is 12.4. The molecule has 4 nitrogen and oxygen atoms in total. The van der Waals surface area contributed by atoms with Crippen molar-refractivity contribution in [1.29, 1.82) is 0 Å². The highest BCUT2D eigenvalue weighted by atomic mass is 32.1. The Balaban J connectivity index is 1.74. The number of benzene rings is 1. The van der Waals surface area contributed by atoms with Gasteiger partial charge < -0.3 is 10.4 Å². The van der Waals surface area contributed by atoms with Gasteiger partial charge in [0.2, 0.25) is 5.91 Å². The van der Waals surface area contributed by atoms with Gasteiger partial charge in [0, 0.05) is 23.8 Å². The zero-order valence-corrected chi connectivity index (χ0v) is 13.2. The van der Waals surface area contributed by atoms with E-state index in [2.05, 4.69) is 18.3 Å². The van der Waals surface area contributed by atoms with Crippen LogP contribution in [0.3, 0.4) is 0 Å². The van der Waals surface area contributed by atoms with Crippen molar-refractivity contribution in [3.8, 4) is 0 Å². The lowest BCUT2D eigenvalue weighted by atomic mass is 10.1. The zero-order chi connectivity index (χ0) is 15.9. The van der Waals surface area contributed by atoms with Crippen molar-refractivity contribution in [3.63, 3.8) is 0 Å². The fraction of sp³-hybridized carbons (Fsp3) is 0.294. The first kappa shape index (κ1) is 16.2. The van der Waals surface area contributed by atoms with E-state index in [9.17, 15) is 9.59 Å². The topological polar surface area (TPSA) is 66.4 Å². The summed E-state index contributed by atoms with van der Waals surface area (Å²) in [5.74, 6) is -0.601. The lowest BCUT2D eigenvalue weighted by Gasteiger charge is -2.11. The third kappa shape index (κ3) is 4.70. The summed E-state index contributed by atoms with van der Waals surface area (Å²) >= 11 is 1.70. The Hall–Kier alpha value is -2.14. The maximum Gasteiger partial charge on any atom is 0.335 e. The molecule has 1 aromatic heterocycles. The second kappa shape index (κ2) is 7.75. The molecule has 0 saturated carbocycles. The number of nitrogens with one attached hydrogen (secondary N) is 1. The maximum atomic E-state index is 11.9. The van der Waals surface area contributed by atoms with Crippen LogP contribution in [0.5, 0.6) is 0 Å². The number of aryl methyl sites for hydroxylation is 1. The summed E-state index contributed by atoms with van der Waals surface area (Å²) < 4.78 is 0. The first-order chi connectivity index (χ1) is 10.6. The molecule has 0 saturated heterocycles. The molecule has 0 aliphatic heterocycles. The Kier molecular flexibility index (Phi) is 5.72. The van der Waals surface area contributed by atoms with Crippen LogP contribution in [-0.2, 0) is 11.2 Å². The van der Waals surface area contributed by atoms with Gasteiger partial charge >= 0.3 is 5.97 Å². The fourth-order valence-corrected chi connectivity index (χ4v) is 2.89. The lowest BCUT2D eigenvalue weighted by Crippen LogP contribution is -2.27. The molecule has 0 unspecified atom stereocenters. The van der Waals surface area contributed by atoms with Crippen LogP contribution < -0.4 is 5.32 Å². The average molecular weight is 317 g/mol. The SMILES string of the molecule is C[C@@H](CNC(=O)CCc1ccc(C(=O)O)cc1)c1cccs1. The number of amides is 1. The largest absolute Gasteiger partial charge is 0.478 e. The Morgan fingerprint density at radius 1 is 1.23 bits per heavy atom. The molecular formula is C17H19NO3S. The Bertz CT molecular complexity index is 620. The Morgan fingerprint density at radius 2 is 1.95 bits per heavy atom. The maximum absolute atomic E-state index is 11.9. The molecule has 0 fully saturated rings. The van der Waals surface area contributed by atoms with Crippen LogP contribution in [0, 0.1) is 0 Å². The number of carbonyl (C=O) groups is 2. The molecule has 2 N–H and O–H groups in total. The van der Waals surface area contributed by atoms with Crippen LogP contribution in [-0.4, -0.2) is 23.5 Å². The van der Waals surface area contributed by atoms with Crippen molar-refractivity contribution in [1.82, 2.24) is 5.32 Å². The van der Waals surface area contributed by atoms with Gasteiger partial charge in [-0.3, -0.25) is 4.79 Å². The van der Waals surface area contributed by atoms with E-state index in [0.29, 0.717) is 25.3 Å². The van der Waals surface area contributed by atoms with Crippen LogP contribution >= 0.6 is 11.3 Å². The van der Waals surface area contributed by atoms with Gasteiger partial charge in [-0.25, -0.2) is 4.79 Å². The molecule has 116 valence electrons. The minimum Gasteiger partial charge on any atom is -0.478 e. The number of carbonyl (C=O) groups excluding carboxylic acids is 1. The molecule has 0 spiro atoms. The number of carboxylic acids is 1. The molecule has 0 aliphatic rings. The minimum absolute atomic E-state index is 0.0192. The van der Waals surface area contributed by atoms with Crippen molar-refractivity contribution < 1.29 is 14.7 Å². The van der Waals surface area contributed by atoms with Crippen LogP contribution in [0.15, 0.2) is 41.8 Å². The monoisotopic (exact) mass is 317 g/mol. The van der Waals surface area contributed by atoms with Gasteiger partial charge in [-0.1, -0.05) is 25.1 Å². The summed E-state index contributed by atoms with van der Waals surface area (Å²) in [6.45, 7) is 2.73. The number of aromatic carboxylic acids is 1. The highest BCUT2D eigenvalue weighted by Crippen LogP contribution is 2.19. The second-order valence-corrected chi connectivity index (χ2v) is 6.20. The molecule has 1 aromatic carbocycles. The van der Waals surface area contributed by atoms with Crippen molar-refractivity contribution in [2.75, 3.05) is 6.54 Å². The third-order valence-corrected chi connectivity index (χ3v) is 4.58. The highest BCUT2D eigenvalue weighted by Gasteiger charge is 2.09. The number of hydrogen-bond donors (Lipinski definition) is 2. The lowest BCUT2D eigenvalue weighted by molar-refractivity contribution is -0.121. The average Bonchev–Trinajstić information content (AvgIpc) is 3.05. The summed E-state index contributed by atoms with van der Waals surface area (Å²) in [7, 11) is 0. The number of rotatable bonds is 7. The van der Waals surface area contributed by atoms with Gasteiger partial charge in [-0.15, -0.1) is 11.3 Å². The van der Waals surface area contributed by atoms with E-state index in [1.807, 2.05) is 11.4 Å². The van der Waals surface area contributed by atoms with E-state index in [4.69, 9.17) is 5.11 Å².